The zero-order valence-corrected chi connectivity index (χ0v) is 41.4. The molecule has 0 fully saturated rings. The summed E-state index contributed by atoms with van der Waals surface area (Å²) in [5, 5.41) is 0. The summed E-state index contributed by atoms with van der Waals surface area (Å²) in [6.45, 7) is -0.257. The van der Waals surface area contributed by atoms with Crippen molar-refractivity contribution in [2.24, 2.45) is 9.98 Å². The van der Waals surface area contributed by atoms with Gasteiger partial charge in [-0.1, -0.05) is 175 Å². The molecule has 0 aliphatic carbocycles. The van der Waals surface area contributed by atoms with E-state index in [9.17, 15) is 0 Å². The van der Waals surface area contributed by atoms with E-state index in [-0.39, 0.29) is 20.1 Å². The Morgan fingerprint density at radius 3 is 1.08 bits per heavy atom. The minimum atomic E-state index is -0.0901. The number of hydrogen-bond acceptors (Lipinski definition) is 6. The fourth-order valence-electron chi connectivity index (χ4n) is 15.2. The van der Waals surface area contributed by atoms with Gasteiger partial charge >= 0.3 is 0 Å². The lowest BCUT2D eigenvalue weighted by Gasteiger charge is -2.56. The molecule has 0 atom stereocenters. The minimum Gasteiger partial charge on any atom is -0.308 e. The maximum atomic E-state index is 5.60. The van der Waals surface area contributed by atoms with Crippen LogP contribution < -0.4 is 68.8 Å². The Hall–Kier alpha value is -9.85. The first-order valence-corrected chi connectivity index (χ1v) is 26.9. The molecule has 11 aromatic carbocycles. The van der Waals surface area contributed by atoms with Gasteiger partial charge in [0.1, 0.15) is 0 Å². The van der Waals surface area contributed by atoms with E-state index in [4.69, 9.17) is 9.98 Å². The predicted octanol–water partition coefficient (Wildman–Crippen LogP) is 9.96. The molecule has 6 nitrogen and oxygen atoms in total. The van der Waals surface area contributed by atoms with Crippen LogP contribution in [0, 0.1) is 0 Å². The Morgan fingerprint density at radius 1 is 0.247 bits per heavy atom. The smallest absolute Gasteiger partial charge is 0.252 e. The van der Waals surface area contributed by atoms with E-state index in [1.165, 1.54) is 128 Å². The molecule has 0 aromatic heterocycles. The minimum absolute atomic E-state index is 0.0769. The third-order valence-electron chi connectivity index (χ3n) is 17.9. The van der Waals surface area contributed by atoms with Crippen LogP contribution in [-0.2, 0) is 0 Å². The van der Waals surface area contributed by atoms with Crippen molar-refractivity contribution in [3.63, 3.8) is 0 Å². The van der Waals surface area contributed by atoms with E-state index in [0.717, 1.165) is 34.2 Å². The number of aliphatic imine (C=N–C) groups is 2. The number of fused-ring (bicyclic) bond motifs is 8. The number of anilines is 12. The molecule has 9 heteroatoms. The summed E-state index contributed by atoms with van der Waals surface area (Å²) in [7, 11) is 0. The summed E-state index contributed by atoms with van der Waals surface area (Å²) in [4.78, 5) is 21.7. The van der Waals surface area contributed by atoms with Crippen molar-refractivity contribution in [1.29, 1.82) is 0 Å². The van der Waals surface area contributed by atoms with Gasteiger partial charge in [-0.3, -0.25) is 0 Å². The average Bonchev–Trinajstić information content (AvgIpc) is 3.67. The van der Waals surface area contributed by atoms with Crippen LogP contribution in [-0.4, -0.2) is 31.6 Å². The maximum absolute atomic E-state index is 5.60. The molecule has 350 valence electrons. The fourth-order valence-corrected chi connectivity index (χ4v) is 15.2. The molecule has 0 bridgehead atoms. The fraction of sp³-hybridized carbons (Fsp3) is 0. The molecule has 0 saturated heterocycles. The van der Waals surface area contributed by atoms with E-state index in [0.29, 0.717) is 0 Å². The first-order chi connectivity index (χ1) is 38.3. The van der Waals surface area contributed by atoms with Crippen LogP contribution in [0.4, 0.5) is 79.6 Å². The molecule has 8 aliphatic rings. The second-order valence-corrected chi connectivity index (χ2v) is 21.5. The highest BCUT2D eigenvalue weighted by atomic mass is 15.3. The quantitative estimate of drug-likeness (QED) is 0.165. The summed E-state index contributed by atoms with van der Waals surface area (Å²) < 4.78 is 0. The van der Waals surface area contributed by atoms with E-state index in [1.807, 2.05) is 0 Å². The summed E-state index contributed by atoms with van der Waals surface area (Å²) in [6.07, 6.45) is 0. The molecule has 11 aromatic rings. The van der Waals surface area contributed by atoms with Crippen LogP contribution in [0.1, 0.15) is 22.3 Å². The van der Waals surface area contributed by atoms with Crippen molar-refractivity contribution >= 4 is 160 Å². The van der Waals surface area contributed by atoms with Crippen molar-refractivity contribution in [1.82, 2.24) is 0 Å². The SMILES string of the molecule is c1ccc(N=C2c3ccccc3B3c4cc5c6c7c4N4c8c(cccc8N(c8ccccc8)c8ccc2c3c84)B7c2cccc3c2N6c2c(ccc4c2B5c2ccccc2C4=Nc2ccccc2)N3c2ccccc2)cc1. The molecule has 19 rings (SSSR count). The van der Waals surface area contributed by atoms with Crippen molar-refractivity contribution in [3.05, 3.63) is 259 Å². The largest absolute Gasteiger partial charge is 0.308 e. The van der Waals surface area contributed by atoms with Gasteiger partial charge in [-0.2, -0.15) is 0 Å². The number of rotatable bonds is 4. The monoisotopic (exact) mass is 972 g/mol. The second-order valence-electron chi connectivity index (χ2n) is 21.5. The molecule has 0 N–H and O–H groups in total. The number of benzene rings is 11. The van der Waals surface area contributed by atoms with Gasteiger partial charge in [0.25, 0.3) is 6.71 Å². The molecule has 8 aliphatic heterocycles. The first-order valence-electron chi connectivity index (χ1n) is 26.9. The van der Waals surface area contributed by atoms with Crippen molar-refractivity contribution in [2.75, 3.05) is 19.6 Å². The molecular formula is C68H39B3N6. The lowest BCUT2D eigenvalue weighted by atomic mass is 9.24. The number of hydrogen-bond donors (Lipinski definition) is 0. The normalized spacial score (nSPS) is 15.9. The van der Waals surface area contributed by atoms with E-state index >= 15 is 0 Å². The number of nitrogens with zero attached hydrogens (tertiary/aromatic N) is 6. The molecule has 0 radical (unpaired) electrons. The Balaban J connectivity index is 0.993. The first kappa shape index (κ1) is 40.5. The van der Waals surface area contributed by atoms with Crippen LogP contribution in [0.15, 0.2) is 247 Å². The van der Waals surface area contributed by atoms with Crippen LogP contribution in [0.5, 0.6) is 0 Å². The number of para-hydroxylation sites is 6. The zero-order valence-electron chi connectivity index (χ0n) is 41.4. The van der Waals surface area contributed by atoms with Crippen molar-refractivity contribution in [2.45, 2.75) is 0 Å². The van der Waals surface area contributed by atoms with E-state index in [2.05, 4.69) is 256 Å². The third kappa shape index (κ3) is 4.97. The highest BCUT2D eigenvalue weighted by Gasteiger charge is 2.58. The Labute approximate surface area is 446 Å². The molecular weight excluding hydrogens is 933 g/mol. The van der Waals surface area contributed by atoms with Gasteiger partial charge in [0, 0.05) is 22.7 Å². The summed E-state index contributed by atoms with van der Waals surface area (Å²) in [5.41, 5.74) is 35.2. The maximum Gasteiger partial charge on any atom is 0.252 e. The molecule has 0 unspecified atom stereocenters. The highest BCUT2D eigenvalue weighted by Crippen LogP contribution is 2.60. The van der Waals surface area contributed by atoms with Crippen molar-refractivity contribution in [3.8, 4) is 0 Å². The van der Waals surface area contributed by atoms with Gasteiger partial charge in [0.2, 0.25) is 13.4 Å². The van der Waals surface area contributed by atoms with Crippen LogP contribution in [0.2, 0.25) is 0 Å². The Bertz CT molecular complexity index is 4280. The standard InChI is InChI=1S/C68H39B3N6/c1-5-19-40(20-6-1)72-61-44-27-13-15-29-48(44)69-52-39-53-66-60-65(52)76-63-50(31-17-33-54(63)74(42-23-9-3-10-24-42)56-37-35-46(61)58(69)67(56)76)71(60)51-32-18-34-55-64(51)77(66)68-57(75(55)43-25-11-4-12-26-43)38-36-47-59(68)70(53)49-30-16-14-28-45(49)62(47)73-41-21-7-2-8-22-41/h1-39H. The van der Waals surface area contributed by atoms with E-state index in [1.54, 1.807) is 0 Å². The van der Waals surface area contributed by atoms with Gasteiger partial charge < -0.3 is 19.6 Å². The summed E-state index contributed by atoms with van der Waals surface area (Å²) >= 11 is 0. The summed E-state index contributed by atoms with van der Waals surface area (Å²) in [5.74, 6) is 0. The molecule has 0 spiro atoms. The topological polar surface area (TPSA) is 37.7 Å². The van der Waals surface area contributed by atoms with Crippen LogP contribution in [0.3, 0.4) is 0 Å². The molecule has 8 heterocycles. The average molecular weight is 973 g/mol. The third-order valence-corrected chi connectivity index (χ3v) is 17.9. The van der Waals surface area contributed by atoms with Gasteiger partial charge in [-0.05, 0) is 133 Å². The Morgan fingerprint density at radius 2 is 0.623 bits per heavy atom. The molecule has 77 heavy (non-hydrogen) atoms. The predicted molar refractivity (Wildman–Crippen MR) is 323 cm³/mol. The lowest BCUT2D eigenvalue weighted by molar-refractivity contribution is 1.16. The lowest BCUT2D eigenvalue weighted by Crippen LogP contribution is -2.73. The molecule has 0 saturated carbocycles. The van der Waals surface area contributed by atoms with E-state index < -0.39 is 0 Å². The molecule has 0 amide bonds. The van der Waals surface area contributed by atoms with Crippen LogP contribution in [0.25, 0.3) is 0 Å². The summed E-state index contributed by atoms with van der Waals surface area (Å²) in [6, 6.07) is 87.7. The van der Waals surface area contributed by atoms with Crippen molar-refractivity contribution < 1.29 is 0 Å². The Kier molecular flexibility index (Phi) is 7.63. The zero-order chi connectivity index (χ0) is 49.8. The van der Waals surface area contributed by atoms with Gasteiger partial charge in [-0.15, -0.1) is 0 Å². The van der Waals surface area contributed by atoms with Gasteiger partial charge in [0.05, 0.1) is 68.3 Å². The highest BCUT2D eigenvalue weighted by molar-refractivity contribution is 7.08. The van der Waals surface area contributed by atoms with Crippen LogP contribution >= 0.6 is 0 Å². The second kappa shape index (κ2) is 14.5. The van der Waals surface area contributed by atoms with Gasteiger partial charge in [0.15, 0.2) is 0 Å². The van der Waals surface area contributed by atoms with Gasteiger partial charge in [-0.25, -0.2) is 9.98 Å².